The first kappa shape index (κ1) is 25.3. The summed E-state index contributed by atoms with van der Waals surface area (Å²) in [6.07, 6.45) is 3.94. The summed E-state index contributed by atoms with van der Waals surface area (Å²) in [4.78, 5) is 32.3. The molecule has 10 heteroatoms. The fourth-order valence-electron chi connectivity index (χ4n) is 4.55. The smallest absolute Gasteiger partial charge is 0.351 e. The van der Waals surface area contributed by atoms with Crippen LogP contribution >= 0.6 is 11.8 Å². The van der Waals surface area contributed by atoms with Gasteiger partial charge in [-0.3, -0.25) is 9.59 Å². The Balaban J connectivity index is 1.24. The van der Waals surface area contributed by atoms with E-state index < -0.39 is 17.6 Å². The molecule has 2 aromatic rings. The van der Waals surface area contributed by atoms with Crippen LogP contribution in [0.15, 0.2) is 35.4 Å². The van der Waals surface area contributed by atoms with Crippen LogP contribution in [0.3, 0.4) is 0 Å². The van der Waals surface area contributed by atoms with Gasteiger partial charge < -0.3 is 5.32 Å². The maximum absolute atomic E-state index is 14.2. The predicted octanol–water partition coefficient (Wildman–Crippen LogP) is 6.20. The highest BCUT2D eigenvalue weighted by molar-refractivity contribution is 8.18. The molecule has 35 heavy (non-hydrogen) atoms. The summed E-state index contributed by atoms with van der Waals surface area (Å²) in [5.74, 6) is -0.443. The van der Waals surface area contributed by atoms with Crippen LogP contribution in [-0.4, -0.2) is 26.9 Å². The van der Waals surface area contributed by atoms with Gasteiger partial charge in [-0.05, 0) is 80.0 Å². The highest BCUT2D eigenvalue weighted by Gasteiger charge is 2.34. The highest BCUT2D eigenvalue weighted by Crippen LogP contribution is 2.34. The van der Waals surface area contributed by atoms with E-state index in [1.54, 1.807) is 18.3 Å². The van der Waals surface area contributed by atoms with Crippen molar-refractivity contribution in [3.63, 3.8) is 0 Å². The average Bonchev–Trinajstić information content (AvgIpc) is 3.12. The van der Waals surface area contributed by atoms with Crippen molar-refractivity contribution in [2.24, 2.45) is 5.92 Å². The zero-order chi connectivity index (χ0) is 25.0. The van der Waals surface area contributed by atoms with E-state index in [0.29, 0.717) is 28.9 Å². The molecule has 5 nitrogen and oxygen atoms in total. The van der Waals surface area contributed by atoms with E-state index in [2.05, 4.69) is 15.3 Å². The second-order valence-corrected chi connectivity index (χ2v) is 10.0. The molecule has 1 aromatic carbocycles. The Kier molecular flexibility index (Phi) is 7.88. The van der Waals surface area contributed by atoms with E-state index in [-0.39, 0.29) is 35.3 Å². The molecule has 1 saturated carbocycles. The van der Waals surface area contributed by atoms with Gasteiger partial charge in [0, 0.05) is 12.2 Å². The molecule has 0 spiro atoms. The van der Waals surface area contributed by atoms with E-state index in [1.165, 1.54) is 12.1 Å². The van der Waals surface area contributed by atoms with Crippen LogP contribution in [0.4, 0.5) is 23.5 Å². The normalized spacial score (nSPS) is 22.1. The van der Waals surface area contributed by atoms with Crippen molar-refractivity contribution in [3.8, 4) is 0 Å². The molecule has 0 amide bonds. The molecular formula is C25H25F4N3O2S. The maximum Gasteiger partial charge on any atom is 0.419 e. The van der Waals surface area contributed by atoms with Gasteiger partial charge in [-0.25, -0.2) is 14.4 Å². The SMILES string of the molecule is O=C1CC(=O)/C(=C/c2ccnc(NC3CCC(CCCc4cccc(C(F)(F)F)c4F)CC3)n2)S1. The molecule has 2 heterocycles. The third kappa shape index (κ3) is 6.68. The number of hydrogen-bond donors (Lipinski definition) is 1. The molecule has 1 saturated heterocycles. The molecule has 0 unspecified atom stereocenters. The summed E-state index contributed by atoms with van der Waals surface area (Å²) in [6, 6.07) is 5.33. The van der Waals surface area contributed by atoms with Crippen molar-refractivity contribution in [1.29, 1.82) is 0 Å². The number of rotatable bonds is 7. The molecule has 1 aromatic heterocycles. The third-order valence-corrected chi connectivity index (χ3v) is 7.32. The van der Waals surface area contributed by atoms with Crippen molar-refractivity contribution in [2.45, 2.75) is 63.6 Å². The van der Waals surface area contributed by atoms with Gasteiger partial charge in [0.1, 0.15) is 5.82 Å². The Morgan fingerprint density at radius 1 is 1.11 bits per heavy atom. The number of thioether (sulfide) groups is 1. The topological polar surface area (TPSA) is 72.0 Å². The monoisotopic (exact) mass is 507 g/mol. The summed E-state index contributed by atoms with van der Waals surface area (Å²) in [6.45, 7) is 0. The number of nitrogens with one attached hydrogen (secondary N) is 1. The number of halogens is 4. The van der Waals surface area contributed by atoms with Crippen molar-refractivity contribution in [1.82, 2.24) is 9.97 Å². The fourth-order valence-corrected chi connectivity index (χ4v) is 5.37. The van der Waals surface area contributed by atoms with E-state index in [4.69, 9.17) is 0 Å². The first-order valence-electron chi connectivity index (χ1n) is 11.6. The summed E-state index contributed by atoms with van der Waals surface area (Å²) in [5.41, 5.74) is -0.529. The molecule has 1 aliphatic heterocycles. The second kappa shape index (κ2) is 10.9. The van der Waals surface area contributed by atoms with Gasteiger partial charge in [0.15, 0.2) is 5.78 Å². The Morgan fingerprint density at radius 3 is 2.57 bits per heavy atom. The minimum atomic E-state index is -4.68. The molecular weight excluding hydrogens is 482 g/mol. The Morgan fingerprint density at radius 2 is 1.89 bits per heavy atom. The number of aromatic nitrogens is 2. The minimum absolute atomic E-state index is 0.0786. The Bertz CT molecular complexity index is 1130. The third-order valence-electron chi connectivity index (χ3n) is 6.38. The zero-order valence-corrected chi connectivity index (χ0v) is 19.7. The van der Waals surface area contributed by atoms with Crippen molar-refractivity contribution < 1.29 is 27.2 Å². The van der Waals surface area contributed by atoms with Gasteiger partial charge in [0.05, 0.1) is 22.6 Å². The lowest BCUT2D eigenvalue weighted by Crippen LogP contribution is -2.27. The number of aryl methyl sites for hydroxylation is 1. The van der Waals surface area contributed by atoms with Crippen LogP contribution in [0.5, 0.6) is 0 Å². The van der Waals surface area contributed by atoms with Crippen molar-refractivity contribution in [2.75, 3.05) is 5.32 Å². The van der Waals surface area contributed by atoms with Gasteiger partial charge in [0.2, 0.25) is 11.1 Å². The maximum atomic E-state index is 14.2. The van der Waals surface area contributed by atoms with E-state index >= 15 is 0 Å². The van der Waals surface area contributed by atoms with Gasteiger partial charge in [-0.15, -0.1) is 0 Å². The van der Waals surface area contributed by atoms with Gasteiger partial charge in [-0.1, -0.05) is 18.6 Å². The number of Topliss-reactive ketones (excluding diaryl/α,β-unsaturated/α-hetero) is 1. The molecule has 1 aliphatic carbocycles. The predicted molar refractivity (Wildman–Crippen MR) is 126 cm³/mol. The molecule has 0 atom stereocenters. The van der Waals surface area contributed by atoms with Crippen LogP contribution in [0, 0.1) is 11.7 Å². The number of hydrogen-bond acceptors (Lipinski definition) is 6. The molecule has 2 fully saturated rings. The first-order valence-corrected chi connectivity index (χ1v) is 12.4. The van der Waals surface area contributed by atoms with Crippen molar-refractivity contribution >= 4 is 34.7 Å². The number of carbonyl (C=O) groups excluding carboxylic acids is 2. The lowest BCUT2D eigenvalue weighted by Gasteiger charge is -2.29. The number of anilines is 1. The van der Waals surface area contributed by atoms with Crippen LogP contribution in [0.1, 0.15) is 61.8 Å². The zero-order valence-electron chi connectivity index (χ0n) is 18.9. The number of ketones is 1. The molecule has 4 rings (SSSR count). The first-order chi connectivity index (χ1) is 16.7. The standard InChI is InChI=1S/C25H25F4N3O2S/c26-23-16(5-2-6-19(23)25(27,28)29)4-1-3-15-7-9-17(10-8-15)31-24-30-12-11-18(32-24)13-21-20(33)14-22(34)35-21/h2,5-6,11-13,15,17H,1,3-4,7-10,14H2,(H,30,31,32)/b21-13-. The van der Waals surface area contributed by atoms with E-state index in [1.807, 2.05) is 0 Å². The number of allylic oxidation sites excluding steroid dienone is 1. The van der Waals surface area contributed by atoms with Crippen LogP contribution in [0.25, 0.3) is 6.08 Å². The van der Waals surface area contributed by atoms with Gasteiger partial charge >= 0.3 is 6.18 Å². The van der Waals surface area contributed by atoms with Crippen LogP contribution < -0.4 is 5.32 Å². The van der Waals surface area contributed by atoms with Crippen LogP contribution in [0.2, 0.25) is 0 Å². The quantitative estimate of drug-likeness (QED) is 0.273. The molecule has 2 aliphatic rings. The lowest BCUT2D eigenvalue weighted by molar-refractivity contribution is -0.140. The minimum Gasteiger partial charge on any atom is -0.351 e. The van der Waals surface area contributed by atoms with Crippen LogP contribution in [-0.2, 0) is 22.2 Å². The number of alkyl halides is 3. The molecule has 1 N–H and O–H groups in total. The second-order valence-electron chi connectivity index (χ2n) is 8.92. The summed E-state index contributed by atoms with van der Waals surface area (Å²) in [7, 11) is 0. The summed E-state index contributed by atoms with van der Waals surface area (Å²) in [5, 5.41) is 3.17. The van der Waals surface area contributed by atoms with Crippen molar-refractivity contribution in [3.05, 3.63) is 58.0 Å². The summed E-state index contributed by atoms with van der Waals surface area (Å²) < 4.78 is 52.9. The largest absolute Gasteiger partial charge is 0.419 e. The molecule has 0 bridgehead atoms. The van der Waals surface area contributed by atoms with Gasteiger partial charge in [-0.2, -0.15) is 13.2 Å². The van der Waals surface area contributed by atoms with Gasteiger partial charge in [0.25, 0.3) is 0 Å². The van der Waals surface area contributed by atoms with E-state index in [0.717, 1.165) is 49.9 Å². The van der Waals surface area contributed by atoms with E-state index in [9.17, 15) is 27.2 Å². The number of benzene rings is 1. The molecule has 186 valence electrons. The Labute approximate surface area is 204 Å². The summed E-state index contributed by atoms with van der Waals surface area (Å²) >= 11 is 0.939. The number of carbonyl (C=O) groups is 2. The highest BCUT2D eigenvalue weighted by atomic mass is 32.2. The number of nitrogens with zero attached hydrogens (tertiary/aromatic N) is 2. The lowest BCUT2D eigenvalue weighted by atomic mass is 9.83. The molecule has 0 radical (unpaired) electrons. The fraction of sp³-hybridized carbons (Fsp3) is 0.440. The Hall–Kier alpha value is -2.75. The average molecular weight is 508 g/mol.